The van der Waals surface area contributed by atoms with Gasteiger partial charge in [0.1, 0.15) is 5.82 Å². The Bertz CT molecular complexity index is 286. The molecule has 96 valence electrons. The van der Waals surface area contributed by atoms with Crippen LogP contribution in [0.15, 0.2) is 12.4 Å². The second-order valence-corrected chi connectivity index (χ2v) is 5.47. The third-order valence-electron chi connectivity index (χ3n) is 3.89. The molecule has 0 spiro atoms. The van der Waals surface area contributed by atoms with Crippen LogP contribution in [-0.2, 0) is 6.42 Å². The van der Waals surface area contributed by atoms with E-state index in [0.29, 0.717) is 0 Å². The highest BCUT2D eigenvalue weighted by Crippen LogP contribution is 2.27. The number of H-pyrrole nitrogens is 1. The number of aromatic nitrogens is 2. The Labute approximate surface area is 104 Å². The second kappa shape index (κ2) is 6.80. The van der Waals surface area contributed by atoms with E-state index < -0.39 is 0 Å². The van der Waals surface area contributed by atoms with Gasteiger partial charge in [0.05, 0.1) is 0 Å². The lowest BCUT2D eigenvalue weighted by Gasteiger charge is -2.26. The molecular weight excluding hydrogens is 210 g/mol. The van der Waals surface area contributed by atoms with Crippen LogP contribution >= 0.6 is 0 Å². The minimum absolute atomic E-state index is 0.926. The van der Waals surface area contributed by atoms with Gasteiger partial charge in [-0.1, -0.05) is 19.8 Å². The van der Waals surface area contributed by atoms with E-state index in [1.807, 2.05) is 12.4 Å². The van der Waals surface area contributed by atoms with Gasteiger partial charge in [0.15, 0.2) is 0 Å². The second-order valence-electron chi connectivity index (χ2n) is 5.47. The van der Waals surface area contributed by atoms with Crippen LogP contribution in [-0.4, -0.2) is 23.1 Å². The van der Waals surface area contributed by atoms with Crippen LogP contribution in [0.25, 0.3) is 0 Å². The van der Waals surface area contributed by atoms with Crippen LogP contribution in [0.1, 0.15) is 44.9 Å². The van der Waals surface area contributed by atoms with Gasteiger partial charge in [-0.3, -0.25) is 0 Å². The van der Waals surface area contributed by atoms with Crippen LogP contribution < -0.4 is 5.32 Å². The number of aromatic amines is 1. The molecular formula is C14H25N3. The maximum absolute atomic E-state index is 4.23. The fraction of sp³-hybridized carbons (Fsp3) is 0.786. The highest BCUT2D eigenvalue weighted by molar-refractivity contribution is 4.86. The zero-order valence-corrected chi connectivity index (χ0v) is 10.9. The van der Waals surface area contributed by atoms with Gasteiger partial charge in [-0.2, -0.15) is 0 Å². The molecule has 0 bridgehead atoms. The summed E-state index contributed by atoms with van der Waals surface area (Å²) in [5, 5.41) is 3.59. The number of imidazole rings is 1. The molecule has 0 unspecified atom stereocenters. The first-order valence-corrected chi connectivity index (χ1v) is 7.03. The van der Waals surface area contributed by atoms with Crippen LogP contribution in [0.4, 0.5) is 0 Å². The molecule has 0 saturated heterocycles. The lowest BCUT2D eigenvalue weighted by Crippen LogP contribution is -2.27. The summed E-state index contributed by atoms with van der Waals surface area (Å²) < 4.78 is 0. The minimum Gasteiger partial charge on any atom is -0.349 e. The van der Waals surface area contributed by atoms with Gasteiger partial charge in [-0.25, -0.2) is 4.98 Å². The summed E-state index contributed by atoms with van der Waals surface area (Å²) in [5.74, 6) is 3.00. The van der Waals surface area contributed by atoms with Gasteiger partial charge >= 0.3 is 0 Å². The molecule has 2 N–H and O–H groups in total. The van der Waals surface area contributed by atoms with Crippen molar-refractivity contribution in [3.63, 3.8) is 0 Å². The summed E-state index contributed by atoms with van der Waals surface area (Å²) in [4.78, 5) is 7.37. The Morgan fingerprint density at radius 1 is 1.35 bits per heavy atom. The molecule has 2 rings (SSSR count). The Balaban J connectivity index is 1.49. The average Bonchev–Trinajstić information content (AvgIpc) is 2.84. The van der Waals surface area contributed by atoms with Crippen molar-refractivity contribution in [2.24, 2.45) is 11.8 Å². The van der Waals surface area contributed by atoms with E-state index in [-0.39, 0.29) is 0 Å². The first kappa shape index (κ1) is 12.6. The molecule has 1 aliphatic rings. The SMILES string of the molecule is CC1CCC(CNCCCc2ncc[nH]2)CC1. The lowest BCUT2D eigenvalue weighted by molar-refractivity contribution is 0.282. The predicted molar refractivity (Wildman–Crippen MR) is 70.9 cm³/mol. The largest absolute Gasteiger partial charge is 0.349 e. The molecule has 1 aromatic rings. The van der Waals surface area contributed by atoms with Crippen LogP contribution in [0.3, 0.4) is 0 Å². The molecule has 3 nitrogen and oxygen atoms in total. The standard InChI is InChI=1S/C14H25N3/c1-12-4-6-13(7-5-12)11-15-8-2-3-14-16-9-10-17-14/h9-10,12-13,15H,2-8,11H2,1H3,(H,16,17). The molecule has 1 aromatic heterocycles. The van der Waals surface area contributed by atoms with E-state index in [1.165, 1.54) is 38.6 Å². The fourth-order valence-electron chi connectivity index (χ4n) is 2.65. The predicted octanol–water partition coefficient (Wildman–Crippen LogP) is 2.76. The number of nitrogens with zero attached hydrogens (tertiary/aromatic N) is 1. The van der Waals surface area contributed by atoms with Gasteiger partial charge in [0.25, 0.3) is 0 Å². The van der Waals surface area contributed by atoms with E-state index in [0.717, 1.165) is 30.6 Å². The summed E-state index contributed by atoms with van der Waals surface area (Å²) in [6.07, 6.45) is 11.7. The summed E-state index contributed by atoms with van der Waals surface area (Å²) in [5.41, 5.74) is 0. The van der Waals surface area contributed by atoms with Crippen molar-refractivity contribution in [3.8, 4) is 0 Å². The summed E-state index contributed by atoms with van der Waals surface area (Å²) >= 11 is 0. The first-order valence-electron chi connectivity index (χ1n) is 7.03. The van der Waals surface area contributed by atoms with E-state index in [4.69, 9.17) is 0 Å². The Kier molecular flexibility index (Phi) is 5.05. The van der Waals surface area contributed by atoms with E-state index in [9.17, 15) is 0 Å². The van der Waals surface area contributed by atoms with Gasteiger partial charge in [-0.05, 0) is 44.2 Å². The maximum atomic E-state index is 4.23. The van der Waals surface area contributed by atoms with Gasteiger partial charge < -0.3 is 10.3 Å². The average molecular weight is 235 g/mol. The lowest BCUT2D eigenvalue weighted by atomic mass is 9.83. The van der Waals surface area contributed by atoms with Gasteiger partial charge in [0.2, 0.25) is 0 Å². The first-order chi connectivity index (χ1) is 8.34. The molecule has 1 aliphatic carbocycles. The Morgan fingerprint density at radius 3 is 2.88 bits per heavy atom. The van der Waals surface area contributed by atoms with Crippen molar-refractivity contribution in [3.05, 3.63) is 18.2 Å². The van der Waals surface area contributed by atoms with E-state index in [1.54, 1.807) is 0 Å². The van der Waals surface area contributed by atoms with Gasteiger partial charge in [0, 0.05) is 18.8 Å². The van der Waals surface area contributed by atoms with Crippen LogP contribution in [0, 0.1) is 11.8 Å². The van der Waals surface area contributed by atoms with E-state index >= 15 is 0 Å². The van der Waals surface area contributed by atoms with Crippen molar-refractivity contribution < 1.29 is 0 Å². The van der Waals surface area contributed by atoms with Crippen LogP contribution in [0.2, 0.25) is 0 Å². The summed E-state index contributed by atoms with van der Waals surface area (Å²) in [7, 11) is 0. The van der Waals surface area contributed by atoms with Crippen molar-refractivity contribution in [1.82, 2.24) is 15.3 Å². The van der Waals surface area contributed by atoms with Crippen molar-refractivity contribution >= 4 is 0 Å². The summed E-state index contributed by atoms with van der Waals surface area (Å²) in [6, 6.07) is 0. The molecule has 1 heterocycles. The number of hydrogen-bond donors (Lipinski definition) is 2. The molecule has 17 heavy (non-hydrogen) atoms. The molecule has 0 radical (unpaired) electrons. The van der Waals surface area contributed by atoms with Crippen LogP contribution in [0.5, 0.6) is 0 Å². The molecule has 0 aromatic carbocycles. The normalized spacial score (nSPS) is 25.0. The molecule has 0 atom stereocenters. The maximum Gasteiger partial charge on any atom is 0.106 e. The van der Waals surface area contributed by atoms with Crippen molar-refractivity contribution in [2.45, 2.75) is 45.4 Å². The quantitative estimate of drug-likeness (QED) is 0.744. The summed E-state index contributed by atoms with van der Waals surface area (Å²) in [6.45, 7) is 4.71. The minimum atomic E-state index is 0.926. The highest BCUT2D eigenvalue weighted by atomic mass is 14.9. The number of hydrogen-bond acceptors (Lipinski definition) is 2. The monoisotopic (exact) mass is 235 g/mol. The Morgan fingerprint density at radius 2 is 2.18 bits per heavy atom. The third kappa shape index (κ3) is 4.50. The fourth-order valence-corrected chi connectivity index (χ4v) is 2.65. The number of aryl methyl sites for hydroxylation is 1. The smallest absolute Gasteiger partial charge is 0.106 e. The Hall–Kier alpha value is -0.830. The van der Waals surface area contributed by atoms with E-state index in [2.05, 4.69) is 22.2 Å². The third-order valence-corrected chi connectivity index (χ3v) is 3.89. The molecule has 0 amide bonds. The molecule has 3 heteroatoms. The topological polar surface area (TPSA) is 40.7 Å². The zero-order valence-electron chi connectivity index (χ0n) is 10.9. The zero-order chi connectivity index (χ0) is 11.9. The van der Waals surface area contributed by atoms with Gasteiger partial charge in [-0.15, -0.1) is 0 Å². The number of rotatable bonds is 6. The molecule has 0 aliphatic heterocycles. The van der Waals surface area contributed by atoms with Crippen molar-refractivity contribution in [1.29, 1.82) is 0 Å². The molecule has 1 fully saturated rings. The molecule has 1 saturated carbocycles. The number of nitrogens with one attached hydrogen (secondary N) is 2. The van der Waals surface area contributed by atoms with Crippen molar-refractivity contribution in [2.75, 3.05) is 13.1 Å². The highest BCUT2D eigenvalue weighted by Gasteiger charge is 2.17.